The molecular weight excluding hydrogens is 439 g/mol. The van der Waals surface area contributed by atoms with Crippen molar-refractivity contribution in [3.05, 3.63) is 54.1 Å². The number of piperidine rings is 1. The fourth-order valence-corrected chi connectivity index (χ4v) is 3.18. The first-order valence-electron chi connectivity index (χ1n) is 8.81. The molecule has 1 saturated heterocycles. The van der Waals surface area contributed by atoms with E-state index >= 15 is 0 Å². The monoisotopic (exact) mass is 466 g/mol. The number of ether oxygens (including phenoxy) is 1. The molecule has 1 fully saturated rings. The van der Waals surface area contributed by atoms with Gasteiger partial charge in [-0.15, -0.1) is 24.0 Å². The molecule has 0 bridgehead atoms. The first-order chi connectivity index (χ1) is 12.3. The van der Waals surface area contributed by atoms with Gasteiger partial charge in [0.25, 0.3) is 0 Å². The van der Waals surface area contributed by atoms with Crippen molar-refractivity contribution in [1.82, 2.24) is 0 Å². The third kappa shape index (κ3) is 5.27. The molecular formula is C20H27IN4O. The Kier molecular flexibility index (Phi) is 8.03. The van der Waals surface area contributed by atoms with Crippen molar-refractivity contribution >= 4 is 41.3 Å². The Morgan fingerprint density at radius 1 is 1.08 bits per heavy atom. The molecule has 140 valence electrons. The van der Waals surface area contributed by atoms with Crippen LogP contribution in [0.25, 0.3) is 0 Å². The molecule has 0 saturated carbocycles. The van der Waals surface area contributed by atoms with Crippen LogP contribution < -0.4 is 20.7 Å². The molecule has 0 atom stereocenters. The number of methoxy groups -OCH3 is 1. The van der Waals surface area contributed by atoms with Gasteiger partial charge < -0.3 is 20.7 Å². The van der Waals surface area contributed by atoms with Crippen LogP contribution in [0.1, 0.15) is 24.8 Å². The topological polar surface area (TPSA) is 62.9 Å². The van der Waals surface area contributed by atoms with E-state index in [9.17, 15) is 0 Å². The summed E-state index contributed by atoms with van der Waals surface area (Å²) in [5.74, 6) is 1.13. The highest BCUT2D eigenvalue weighted by atomic mass is 127. The number of rotatable bonds is 5. The van der Waals surface area contributed by atoms with Gasteiger partial charge in [0.15, 0.2) is 5.96 Å². The Bertz CT molecular complexity index is 729. The number of nitrogens with zero attached hydrogens (tertiary/aromatic N) is 2. The lowest BCUT2D eigenvalue weighted by Gasteiger charge is -2.30. The Morgan fingerprint density at radius 3 is 2.54 bits per heavy atom. The Balaban J connectivity index is 0.00000243. The number of guanidine groups is 1. The van der Waals surface area contributed by atoms with E-state index in [1.165, 1.54) is 30.5 Å². The summed E-state index contributed by atoms with van der Waals surface area (Å²) in [4.78, 5) is 6.98. The second-order valence-corrected chi connectivity index (χ2v) is 6.20. The second kappa shape index (κ2) is 10.3. The van der Waals surface area contributed by atoms with Gasteiger partial charge in [0.05, 0.1) is 19.3 Å². The molecule has 0 amide bonds. The van der Waals surface area contributed by atoms with Gasteiger partial charge in [-0.2, -0.15) is 0 Å². The summed E-state index contributed by atoms with van der Waals surface area (Å²) in [5.41, 5.74) is 9.37. The third-order valence-electron chi connectivity index (χ3n) is 4.48. The predicted octanol–water partition coefficient (Wildman–Crippen LogP) is 4.23. The minimum absolute atomic E-state index is 0. The van der Waals surface area contributed by atoms with Crippen LogP contribution >= 0.6 is 24.0 Å². The molecule has 1 heterocycles. The zero-order chi connectivity index (χ0) is 17.5. The van der Waals surface area contributed by atoms with E-state index in [0.717, 1.165) is 24.5 Å². The zero-order valence-electron chi connectivity index (χ0n) is 15.1. The maximum Gasteiger partial charge on any atom is 0.193 e. The SMILES string of the molecule is COc1ccccc1NC(N)=NCc1ccccc1N1CCCCC1.I. The van der Waals surface area contributed by atoms with Crippen molar-refractivity contribution in [2.45, 2.75) is 25.8 Å². The summed E-state index contributed by atoms with van der Waals surface area (Å²) < 4.78 is 5.33. The quantitative estimate of drug-likeness (QED) is 0.394. The first kappa shape index (κ1) is 20.4. The summed E-state index contributed by atoms with van der Waals surface area (Å²) in [6.45, 7) is 2.80. The van der Waals surface area contributed by atoms with E-state index in [0.29, 0.717) is 12.5 Å². The standard InChI is InChI=1S/C20H26N4O.HI/c1-25-19-12-6-4-10-17(19)23-20(21)22-15-16-9-3-5-11-18(16)24-13-7-2-8-14-24;/h3-6,9-12H,2,7-8,13-15H2,1H3,(H3,21,22,23);1H. The lowest BCUT2D eigenvalue weighted by Crippen LogP contribution is -2.30. The minimum atomic E-state index is 0. The van der Waals surface area contributed by atoms with Gasteiger partial charge in [-0.1, -0.05) is 30.3 Å². The van der Waals surface area contributed by atoms with E-state index < -0.39 is 0 Å². The van der Waals surface area contributed by atoms with Crippen LogP contribution in [0.15, 0.2) is 53.5 Å². The van der Waals surface area contributed by atoms with Crippen LogP contribution in [-0.4, -0.2) is 26.2 Å². The highest BCUT2D eigenvalue weighted by Crippen LogP contribution is 2.25. The predicted molar refractivity (Wildman–Crippen MR) is 120 cm³/mol. The summed E-state index contributed by atoms with van der Waals surface area (Å²) in [5, 5.41) is 3.12. The second-order valence-electron chi connectivity index (χ2n) is 6.20. The van der Waals surface area contributed by atoms with Gasteiger partial charge in [-0.3, -0.25) is 0 Å². The number of nitrogens with two attached hydrogens (primary N) is 1. The minimum Gasteiger partial charge on any atom is -0.495 e. The van der Waals surface area contributed by atoms with E-state index in [-0.39, 0.29) is 24.0 Å². The molecule has 5 nitrogen and oxygen atoms in total. The van der Waals surface area contributed by atoms with Crippen LogP contribution in [0.5, 0.6) is 5.75 Å². The Hall–Kier alpha value is -1.96. The average molecular weight is 466 g/mol. The molecule has 2 aromatic rings. The van der Waals surface area contributed by atoms with Crippen LogP contribution in [-0.2, 0) is 6.54 Å². The number of anilines is 2. The van der Waals surface area contributed by atoms with Crippen molar-refractivity contribution < 1.29 is 4.74 Å². The van der Waals surface area contributed by atoms with Crippen molar-refractivity contribution in [3.63, 3.8) is 0 Å². The fraction of sp³-hybridized carbons (Fsp3) is 0.350. The number of aliphatic imine (C=N–C) groups is 1. The molecule has 0 spiro atoms. The molecule has 0 aromatic heterocycles. The number of para-hydroxylation sites is 3. The van der Waals surface area contributed by atoms with E-state index in [2.05, 4.69) is 39.5 Å². The lowest BCUT2D eigenvalue weighted by atomic mass is 10.1. The van der Waals surface area contributed by atoms with Crippen LogP contribution in [0.4, 0.5) is 11.4 Å². The number of benzene rings is 2. The Labute approximate surface area is 172 Å². The van der Waals surface area contributed by atoms with Gasteiger partial charge in [-0.05, 0) is 43.0 Å². The fourth-order valence-electron chi connectivity index (χ4n) is 3.18. The van der Waals surface area contributed by atoms with Crippen LogP contribution in [0, 0.1) is 0 Å². The van der Waals surface area contributed by atoms with E-state index in [1.54, 1.807) is 7.11 Å². The van der Waals surface area contributed by atoms with Gasteiger partial charge >= 0.3 is 0 Å². The van der Waals surface area contributed by atoms with Gasteiger partial charge in [0, 0.05) is 18.8 Å². The molecule has 1 aliphatic heterocycles. The van der Waals surface area contributed by atoms with Crippen molar-refractivity contribution in [1.29, 1.82) is 0 Å². The molecule has 26 heavy (non-hydrogen) atoms. The maximum absolute atomic E-state index is 6.08. The van der Waals surface area contributed by atoms with E-state index in [4.69, 9.17) is 10.5 Å². The number of hydrogen-bond donors (Lipinski definition) is 2. The molecule has 0 radical (unpaired) electrons. The van der Waals surface area contributed by atoms with Crippen molar-refractivity contribution in [3.8, 4) is 5.75 Å². The van der Waals surface area contributed by atoms with Crippen LogP contribution in [0.3, 0.4) is 0 Å². The molecule has 0 unspecified atom stereocenters. The largest absolute Gasteiger partial charge is 0.495 e. The van der Waals surface area contributed by atoms with Gasteiger partial charge in [-0.25, -0.2) is 4.99 Å². The number of halogens is 1. The smallest absolute Gasteiger partial charge is 0.193 e. The summed E-state index contributed by atoms with van der Waals surface area (Å²) in [6.07, 6.45) is 3.84. The maximum atomic E-state index is 6.08. The van der Waals surface area contributed by atoms with Crippen molar-refractivity contribution in [2.75, 3.05) is 30.4 Å². The van der Waals surface area contributed by atoms with Gasteiger partial charge in [0.1, 0.15) is 5.75 Å². The number of hydrogen-bond acceptors (Lipinski definition) is 3. The molecule has 6 heteroatoms. The zero-order valence-corrected chi connectivity index (χ0v) is 17.5. The molecule has 1 aliphatic rings. The molecule has 3 rings (SSSR count). The highest BCUT2D eigenvalue weighted by Gasteiger charge is 2.13. The average Bonchev–Trinajstić information content (AvgIpc) is 2.68. The molecule has 2 aromatic carbocycles. The Morgan fingerprint density at radius 2 is 1.77 bits per heavy atom. The number of nitrogens with one attached hydrogen (secondary N) is 1. The highest BCUT2D eigenvalue weighted by molar-refractivity contribution is 14.0. The molecule has 3 N–H and O–H groups in total. The van der Waals surface area contributed by atoms with Gasteiger partial charge in [0.2, 0.25) is 0 Å². The summed E-state index contributed by atoms with van der Waals surface area (Å²) in [6, 6.07) is 16.1. The third-order valence-corrected chi connectivity index (χ3v) is 4.48. The first-order valence-corrected chi connectivity index (χ1v) is 8.81. The van der Waals surface area contributed by atoms with E-state index in [1.807, 2.05) is 24.3 Å². The van der Waals surface area contributed by atoms with Crippen molar-refractivity contribution in [2.24, 2.45) is 10.7 Å². The summed E-state index contributed by atoms with van der Waals surface area (Å²) >= 11 is 0. The molecule has 0 aliphatic carbocycles. The lowest BCUT2D eigenvalue weighted by molar-refractivity contribution is 0.417. The normalized spacial score (nSPS) is 14.5. The summed E-state index contributed by atoms with van der Waals surface area (Å²) in [7, 11) is 1.64. The van der Waals surface area contributed by atoms with Crippen LogP contribution in [0.2, 0.25) is 0 Å².